The molecule has 2 aromatic heterocycles. The Morgan fingerprint density at radius 1 is 1.16 bits per heavy atom. The first-order chi connectivity index (χ1) is 15.1. The molecule has 1 atom stereocenters. The third-order valence-corrected chi connectivity index (χ3v) is 5.23. The maximum Gasteiger partial charge on any atom is 0.319 e. The molecule has 1 amide bonds. The Bertz CT molecular complexity index is 1070. The molecule has 1 saturated heterocycles. The minimum atomic E-state index is -0.153. The van der Waals surface area contributed by atoms with Crippen LogP contribution in [0.3, 0.4) is 0 Å². The van der Waals surface area contributed by atoms with E-state index < -0.39 is 0 Å². The molecule has 9 nitrogen and oxygen atoms in total. The summed E-state index contributed by atoms with van der Waals surface area (Å²) in [6.07, 6.45) is 3.12. The van der Waals surface area contributed by atoms with E-state index in [9.17, 15) is 4.79 Å². The molecule has 0 bridgehead atoms. The minimum absolute atomic E-state index is 0.0790. The molecule has 0 saturated carbocycles. The fourth-order valence-electron chi connectivity index (χ4n) is 3.70. The summed E-state index contributed by atoms with van der Waals surface area (Å²) < 4.78 is 18.1. The van der Waals surface area contributed by atoms with Crippen molar-refractivity contribution in [3.63, 3.8) is 0 Å². The van der Waals surface area contributed by atoms with Crippen molar-refractivity contribution in [2.24, 2.45) is 7.05 Å². The molecule has 4 rings (SSSR count). The van der Waals surface area contributed by atoms with E-state index in [1.54, 1.807) is 42.1 Å². The van der Waals surface area contributed by atoms with E-state index in [0.29, 0.717) is 36.1 Å². The molecule has 3 aromatic rings. The lowest BCUT2D eigenvalue weighted by molar-refractivity contribution is 0.0516. The zero-order valence-electron chi connectivity index (χ0n) is 17.8. The van der Waals surface area contributed by atoms with Crippen LogP contribution in [0, 0.1) is 0 Å². The number of aromatic nitrogens is 4. The summed E-state index contributed by atoms with van der Waals surface area (Å²) in [6, 6.07) is 11.4. The van der Waals surface area contributed by atoms with Crippen molar-refractivity contribution in [1.82, 2.24) is 24.6 Å². The highest BCUT2D eigenvalue weighted by Gasteiger charge is 2.28. The molecule has 0 spiro atoms. The first kappa shape index (κ1) is 20.6. The SMILES string of the molecule is COc1nccc(OC2CCCN(C(=O)c3cc(-c4ccccc4OC)nn3C)C2)n1. The summed E-state index contributed by atoms with van der Waals surface area (Å²) in [4.78, 5) is 23.2. The van der Waals surface area contributed by atoms with Gasteiger partial charge in [0, 0.05) is 31.4 Å². The molecule has 0 N–H and O–H groups in total. The maximum absolute atomic E-state index is 13.3. The van der Waals surface area contributed by atoms with E-state index in [1.165, 1.54) is 7.11 Å². The van der Waals surface area contributed by atoms with Crippen LogP contribution in [0.15, 0.2) is 42.6 Å². The Morgan fingerprint density at radius 3 is 2.81 bits per heavy atom. The number of rotatable bonds is 6. The molecule has 1 unspecified atom stereocenters. The van der Waals surface area contributed by atoms with Crippen LogP contribution in [0.5, 0.6) is 17.6 Å². The highest BCUT2D eigenvalue weighted by atomic mass is 16.5. The molecule has 1 aromatic carbocycles. The zero-order chi connectivity index (χ0) is 21.8. The molecule has 1 aliphatic rings. The number of likely N-dealkylation sites (tertiary alicyclic amines) is 1. The Hall–Kier alpha value is -3.62. The van der Waals surface area contributed by atoms with E-state index in [0.717, 1.165) is 18.4 Å². The minimum Gasteiger partial charge on any atom is -0.496 e. The van der Waals surface area contributed by atoms with Gasteiger partial charge in [0.05, 0.1) is 26.5 Å². The number of benzene rings is 1. The van der Waals surface area contributed by atoms with Crippen molar-refractivity contribution in [2.75, 3.05) is 27.3 Å². The van der Waals surface area contributed by atoms with Gasteiger partial charge in [0.15, 0.2) is 0 Å². The van der Waals surface area contributed by atoms with Crippen LogP contribution in [0.2, 0.25) is 0 Å². The van der Waals surface area contributed by atoms with Gasteiger partial charge in [0.25, 0.3) is 5.91 Å². The van der Waals surface area contributed by atoms with E-state index in [2.05, 4.69) is 15.1 Å². The smallest absolute Gasteiger partial charge is 0.319 e. The average molecular weight is 423 g/mol. The molecule has 162 valence electrons. The molecule has 31 heavy (non-hydrogen) atoms. The van der Waals surface area contributed by atoms with Gasteiger partial charge in [-0.05, 0) is 31.0 Å². The monoisotopic (exact) mass is 423 g/mol. The Balaban J connectivity index is 1.49. The van der Waals surface area contributed by atoms with E-state index >= 15 is 0 Å². The number of piperidine rings is 1. The molecule has 0 aliphatic carbocycles. The first-order valence-electron chi connectivity index (χ1n) is 10.1. The number of nitrogens with zero attached hydrogens (tertiary/aromatic N) is 5. The fraction of sp³-hybridized carbons (Fsp3) is 0.364. The van der Waals surface area contributed by atoms with Gasteiger partial charge >= 0.3 is 6.01 Å². The number of ether oxygens (including phenoxy) is 3. The van der Waals surface area contributed by atoms with Crippen molar-refractivity contribution in [3.05, 3.63) is 48.3 Å². The quantitative estimate of drug-likeness (QED) is 0.602. The number of hydrogen-bond donors (Lipinski definition) is 0. The maximum atomic E-state index is 13.3. The zero-order valence-corrected chi connectivity index (χ0v) is 17.8. The summed E-state index contributed by atoms with van der Waals surface area (Å²) in [5, 5.41) is 4.54. The summed E-state index contributed by atoms with van der Waals surface area (Å²) in [5.74, 6) is 1.07. The second-order valence-electron chi connectivity index (χ2n) is 7.25. The Morgan fingerprint density at radius 2 is 2.00 bits per heavy atom. The Kier molecular flexibility index (Phi) is 6.01. The lowest BCUT2D eigenvalue weighted by Crippen LogP contribution is -2.45. The van der Waals surface area contributed by atoms with Gasteiger partial charge < -0.3 is 19.1 Å². The highest BCUT2D eigenvalue weighted by molar-refractivity contribution is 5.94. The standard InChI is InChI=1S/C22H25N5O4/c1-26-18(13-17(25-26)16-8-4-5-9-19(16)29-2)21(28)27-12-6-7-15(14-27)31-20-10-11-23-22(24-20)30-3/h4-5,8-11,13,15H,6-7,12,14H2,1-3H3. The van der Waals surface area contributed by atoms with Crippen molar-refractivity contribution < 1.29 is 19.0 Å². The van der Waals surface area contributed by atoms with E-state index in [1.807, 2.05) is 24.3 Å². The summed E-state index contributed by atoms with van der Waals surface area (Å²) in [5.41, 5.74) is 2.06. The van der Waals surface area contributed by atoms with Gasteiger partial charge in [-0.25, -0.2) is 4.98 Å². The second-order valence-corrected chi connectivity index (χ2v) is 7.25. The lowest BCUT2D eigenvalue weighted by Gasteiger charge is -2.32. The predicted octanol–water partition coefficient (Wildman–Crippen LogP) is 2.58. The number of amides is 1. The number of carbonyl (C=O) groups is 1. The second kappa shape index (κ2) is 9.03. The van der Waals surface area contributed by atoms with Crippen LogP contribution in [0.4, 0.5) is 0 Å². The van der Waals surface area contributed by atoms with Crippen molar-refractivity contribution in [2.45, 2.75) is 18.9 Å². The van der Waals surface area contributed by atoms with Crippen molar-refractivity contribution in [1.29, 1.82) is 0 Å². The number of carbonyl (C=O) groups excluding carboxylic acids is 1. The average Bonchev–Trinajstić information content (AvgIpc) is 3.20. The third kappa shape index (κ3) is 4.45. The molecular formula is C22H25N5O4. The topological polar surface area (TPSA) is 91.6 Å². The molecule has 3 heterocycles. The van der Waals surface area contributed by atoms with Crippen molar-refractivity contribution >= 4 is 5.91 Å². The summed E-state index contributed by atoms with van der Waals surface area (Å²) >= 11 is 0. The summed E-state index contributed by atoms with van der Waals surface area (Å²) in [7, 11) is 4.90. The van der Waals surface area contributed by atoms with Gasteiger partial charge in [0.1, 0.15) is 17.5 Å². The van der Waals surface area contributed by atoms with Crippen LogP contribution < -0.4 is 14.2 Å². The van der Waals surface area contributed by atoms with Gasteiger partial charge in [-0.1, -0.05) is 12.1 Å². The number of para-hydroxylation sites is 1. The predicted molar refractivity (Wildman–Crippen MR) is 113 cm³/mol. The van der Waals surface area contributed by atoms with Crippen LogP contribution in [-0.2, 0) is 7.05 Å². The first-order valence-corrected chi connectivity index (χ1v) is 10.1. The van der Waals surface area contributed by atoms with Gasteiger partial charge in [-0.2, -0.15) is 10.1 Å². The largest absolute Gasteiger partial charge is 0.496 e. The lowest BCUT2D eigenvalue weighted by atomic mass is 10.1. The van der Waals surface area contributed by atoms with Crippen LogP contribution in [-0.4, -0.2) is 64.0 Å². The molecule has 1 aliphatic heterocycles. The van der Waals surface area contributed by atoms with Crippen LogP contribution in [0.25, 0.3) is 11.3 Å². The number of hydrogen-bond acceptors (Lipinski definition) is 7. The third-order valence-electron chi connectivity index (χ3n) is 5.23. The van der Waals surface area contributed by atoms with Crippen molar-refractivity contribution in [3.8, 4) is 28.9 Å². The number of aryl methyl sites for hydroxylation is 1. The van der Waals surface area contributed by atoms with Crippen LogP contribution in [0.1, 0.15) is 23.3 Å². The molecule has 1 fully saturated rings. The van der Waals surface area contributed by atoms with Crippen LogP contribution >= 0.6 is 0 Å². The van der Waals surface area contributed by atoms with Gasteiger partial charge in [0.2, 0.25) is 5.88 Å². The molecular weight excluding hydrogens is 398 g/mol. The number of methoxy groups -OCH3 is 2. The van der Waals surface area contributed by atoms with E-state index in [4.69, 9.17) is 14.2 Å². The van der Waals surface area contributed by atoms with Gasteiger partial charge in [-0.3, -0.25) is 9.48 Å². The van der Waals surface area contributed by atoms with E-state index in [-0.39, 0.29) is 18.0 Å². The fourth-order valence-corrected chi connectivity index (χ4v) is 3.70. The summed E-state index contributed by atoms with van der Waals surface area (Å²) in [6.45, 7) is 1.14. The molecule has 0 radical (unpaired) electrons. The van der Waals surface area contributed by atoms with Gasteiger partial charge in [-0.15, -0.1) is 0 Å². The molecule has 9 heteroatoms. The highest BCUT2D eigenvalue weighted by Crippen LogP contribution is 2.29. The Labute approximate surface area is 180 Å². The normalized spacial score (nSPS) is 16.1.